The molecule has 0 aliphatic carbocycles. The molecule has 0 saturated carbocycles. The molecule has 0 amide bonds. The molecule has 96 valence electrons. The van der Waals surface area contributed by atoms with Crippen LogP contribution in [0.5, 0.6) is 0 Å². The predicted molar refractivity (Wildman–Crippen MR) is 61.0 cm³/mol. The summed E-state index contributed by atoms with van der Waals surface area (Å²) in [5, 5.41) is 8.63. The van der Waals surface area contributed by atoms with E-state index < -0.39 is 18.3 Å². The van der Waals surface area contributed by atoms with Crippen molar-refractivity contribution >= 4 is 11.8 Å². The van der Waals surface area contributed by atoms with E-state index in [1.807, 2.05) is 0 Å². The van der Waals surface area contributed by atoms with Gasteiger partial charge in [0.05, 0.1) is 12.6 Å². The molecule has 0 aromatic carbocycles. The lowest BCUT2D eigenvalue weighted by molar-refractivity contribution is -0.135. The second-order valence-corrected chi connectivity index (χ2v) is 4.33. The number of rotatable bonds is 4. The fraction of sp³-hybridized carbons (Fsp3) is 0.818. The van der Waals surface area contributed by atoms with Crippen molar-refractivity contribution in [2.45, 2.75) is 51.5 Å². The van der Waals surface area contributed by atoms with Crippen LogP contribution < -0.4 is 5.32 Å². The molecule has 0 radical (unpaired) electrons. The van der Waals surface area contributed by atoms with Crippen LogP contribution in [0.25, 0.3) is 0 Å². The largest absolute Gasteiger partial charge is 0.460 e. The van der Waals surface area contributed by atoms with Crippen LogP contribution >= 0.6 is 0 Å². The van der Waals surface area contributed by atoms with Crippen LogP contribution in [0.3, 0.4) is 0 Å². The Kier molecular flexibility index (Phi) is 3.49. The average Bonchev–Trinajstić information content (AvgIpc) is 2.82. The van der Waals surface area contributed by atoms with Crippen molar-refractivity contribution in [2.75, 3.05) is 6.61 Å². The summed E-state index contributed by atoms with van der Waals surface area (Å²) in [6.45, 7) is 4.08. The van der Waals surface area contributed by atoms with Gasteiger partial charge in [-0.05, 0) is 13.3 Å². The Morgan fingerprint density at radius 1 is 1.65 bits per heavy atom. The van der Waals surface area contributed by atoms with E-state index in [1.165, 1.54) is 0 Å². The van der Waals surface area contributed by atoms with Crippen molar-refractivity contribution in [2.24, 2.45) is 5.10 Å². The molecule has 2 heterocycles. The number of carbonyl (C=O) groups is 1. The maximum atomic E-state index is 13.7. The standard InChI is InChI=1S/C11H18FN3O2/c1-3-5-7-6-8(12)10-13-9(14-15(7)10)11(16)17-4-2/h7-8,10H,3-6H2,1-2H3,(H,13,14). The Morgan fingerprint density at radius 3 is 3.06 bits per heavy atom. The molecular weight excluding hydrogens is 225 g/mol. The van der Waals surface area contributed by atoms with Gasteiger partial charge in [-0.3, -0.25) is 5.01 Å². The Bertz CT molecular complexity index is 335. The quantitative estimate of drug-likeness (QED) is 0.749. The van der Waals surface area contributed by atoms with Gasteiger partial charge in [0.15, 0.2) is 0 Å². The van der Waals surface area contributed by atoms with Gasteiger partial charge in [-0.15, -0.1) is 5.10 Å². The summed E-state index contributed by atoms with van der Waals surface area (Å²) in [6.07, 6.45) is 0.863. The van der Waals surface area contributed by atoms with E-state index in [1.54, 1.807) is 11.9 Å². The molecule has 0 aromatic heterocycles. The molecule has 5 nitrogen and oxygen atoms in total. The highest BCUT2D eigenvalue weighted by Crippen LogP contribution is 2.31. The molecule has 2 rings (SSSR count). The van der Waals surface area contributed by atoms with Gasteiger partial charge in [-0.1, -0.05) is 13.3 Å². The number of nitrogens with one attached hydrogen (secondary N) is 1. The molecule has 2 aliphatic rings. The zero-order valence-electron chi connectivity index (χ0n) is 10.1. The number of alkyl halides is 1. The average molecular weight is 243 g/mol. The summed E-state index contributed by atoms with van der Waals surface area (Å²) in [6, 6.07) is 0.0828. The molecule has 3 atom stereocenters. The lowest BCUT2D eigenvalue weighted by atomic mass is 10.1. The van der Waals surface area contributed by atoms with Gasteiger partial charge >= 0.3 is 5.97 Å². The van der Waals surface area contributed by atoms with Crippen LogP contribution in [0.15, 0.2) is 5.10 Å². The topological polar surface area (TPSA) is 53.9 Å². The molecule has 1 fully saturated rings. The number of carbonyl (C=O) groups excluding carboxylic acids is 1. The van der Waals surface area contributed by atoms with Gasteiger partial charge in [-0.25, -0.2) is 9.18 Å². The van der Waals surface area contributed by atoms with E-state index in [0.717, 1.165) is 12.8 Å². The van der Waals surface area contributed by atoms with Crippen LogP contribution in [0, 0.1) is 0 Å². The van der Waals surface area contributed by atoms with E-state index in [2.05, 4.69) is 17.3 Å². The summed E-state index contributed by atoms with van der Waals surface area (Å²) >= 11 is 0. The Labute approximate surface area is 100.0 Å². The third kappa shape index (κ3) is 2.21. The number of halogens is 1. The number of esters is 1. The summed E-state index contributed by atoms with van der Waals surface area (Å²) in [5.74, 6) is -0.385. The number of nitrogens with zero attached hydrogens (tertiary/aromatic N) is 2. The van der Waals surface area contributed by atoms with Crippen LogP contribution in [0.2, 0.25) is 0 Å². The number of hydrazone groups is 1. The highest BCUT2D eigenvalue weighted by molar-refractivity contribution is 6.35. The van der Waals surface area contributed by atoms with Gasteiger partial charge in [0.25, 0.3) is 0 Å². The first-order valence-corrected chi connectivity index (χ1v) is 6.12. The third-order valence-corrected chi connectivity index (χ3v) is 3.09. The highest BCUT2D eigenvalue weighted by Gasteiger charge is 2.46. The smallest absolute Gasteiger partial charge is 0.375 e. The third-order valence-electron chi connectivity index (χ3n) is 3.09. The number of amidine groups is 1. The fourth-order valence-corrected chi connectivity index (χ4v) is 2.36. The van der Waals surface area contributed by atoms with Crippen LogP contribution in [-0.2, 0) is 9.53 Å². The second-order valence-electron chi connectivity index (χ2n) is 4.33. The summed E-state index contributed by atoms with van der Waals surface area (Å²) in [7, 11) is 0. The minimum Gasteiger partial charge on any atom is -0.460 e. The molecule has 17 heavy (non-hydrogen) atoms. The lowest BCUT2D eigenvalue weighted by Crippen LogP contribution is -2.42. The minimum atomic E-state index is -0.984. The van der Waals surface area contributed by atoms with Gasteiger partial charge in [0.2, 0.25) is 5.84 Å². The van der Waals surface area contributed by atoms with Crippen molar-refractivity contribution < 1.29 is 13.9 Å². The van der Waals surface area contributed by atoms with Gasteiger partial charge in [-0.2, -0.15) is 0 Å². The lowest BCUT2D eigenvalue weighted by Gasteiger charge is -2.20. The van der Waals surface area contributed by atoms with Gasteiger partial charge in [0, 0.05) is 6.42 Å². The SMILES string of the molecule is CCCC1CC(F)C2NC(C(=O)OCC)=NN12. The molecule has 1 saturated heterocycles. The zero-order valence-corrected chi connectivity index (χ0v) is 10.1. The Hall–Kier alpha value is -1.33. The first kappa shape index (κ1) is 12.1. The van der Waals surface area contributed by atoms with Gasteiger partial charge in [0.1, 0.15) is 12.3 Å². The fourth-order valence-electron chi connectivity index (χ4n) is 2.36. The molecule has 6 heteroatoms. The van der Waals surface area contributed by atoms with Crippen molar-refractivity contribution in [3.63, 3.8) is 0 Å². The Balaban J connectivity index is 2.06. The molecule has 1 N–H and O–H groups in total. The molecule has 3 unspecified atom stereocenters. The van der Waals surface area contributed by atoms with Crippen molar-refractivity contribution in [3.8, 4) is 0 Å². The first-order chi connectivity index (χ1) is 8.17. The molecule has 0 spiro atoms. The monoisotopic (exact) mass is 243 g/mol. The predicted octanol–water partition coefficient (Wildman–Crippen LogP) is 1.00. The van der Waals surface area contributed by atoms with E-state index in [4.69, 9.17) is 4.74 Å². The number of fused-ring (bicyclic) bond motifs is 1. The number of hydrogen-bond donors (Lipinski definition) is 1. The highest BCUT2D eigenvalue weighted by atomic mass is 19.1. The Morgan fingerprint density at radius 2 is 2.41 bits per heavy atom. The molecule has 0 aromatic rings. The number of ether oxygens (including phenoxy) is 1. The molecule has 0 bridgehead atoms. The van der Waals surface area contributed by atoms with Crippen molar-refractivity contribution in [1.82, 2.24) is 10.3 Å². The van der Waals surface area contributed by atoms with Crippen LogP contribution in [-0.4, -0.2) is 41.8 Å². The minimum absolute atomic E-state index is 0.0828. The van der Waals surface area contributed by atoms with E-state index in [0.29, 0.717) is 13.0 Å². The van der Waals surface area contributed by atoms with E-state index in [-0.39, 0.29) is 11.9 Å². The summed E-state index contributed by atoms with van der Waals surface area (Å²) in [5.41, 5.74) is 0. The second kappa shape index (κ2) is 4.89. The molecular formula is C11H18FN3O2. The number of hydrogen-bond acceptors (Lipinski definition) is 5. The normalized spacial score (nSPS) is 30.9. The van der Waals surface area contributed by atoms with Crippen molar-refractivity contribution in [1.29, 1.82) is 0 Å². The maximum Gasteiger partial charge on any atom is 0.375 e. The maximum absolute atomic E-state index is 13.7. The van der Waals surface area contributed by atoms with Gasteiger partial charge < -0.3 is 10.1 Å². The molecule has 2 aliphatic heterocycles. The van der Waals surface area contributed by atoms with E-state index in [9.17, 15) is 9.18 Å². The summed E-state index contributed by atoms with van der Waals surface area (Å²) in [4.78, 5) is 11.5. The van der Waals surface area contributed by atoms with Crippen LogP contribution in [0.4, 0.5) is 4.39 Å². The zero-order chi connectivity index (χ0) is 12.4. The van der Waals surface area contributed by atoms with E-state index >= 15 is 0 Å². The van der Waals surface area contributed by atoms with Crippen molar-refractivity contribution in [3.05, 3.63) is 0 Å². The summed E-state index contributed by atoms with van der Waals surface area (Å²) < 4.78 is 18.6. The first-order valence-electron chi connectivity index (χ1n) is 6.12. The van der Waals surface area contributed by atoms with Crippen LogP contribution in [0.1, 0.15) is 33.1 Å².